The number of benzene rings is 1. The van der Waals surface area contributed by atoms with Gasteiger partial charge in [0, 0.05) is 37.3 Å². The normalized spacial score (nSPS) is 10.7. The summed E-state index contributed by atoms with van der Waals surface area (Å²) in [5, 5.41) is 2.79. The van der Waals surface area contributed by atoms with Crippen molar-refractivity contribution in [2.24, 2.45) is 0 Å². The minimum atomic E-state index is -0.332. The van der Waals surface area contributed by atoms with Gasteiger partial charge in [-0.2, -0.15) is 0 Å². The lowest BCUT2D eigenvalue weighted by Crippen LogP contribution is -2.20. The van der Waals surface area contributed by atoms with E-state index in [1.54, 1.807) is 42.9 Å². The number of ether oxygens (including phenoxy) is 1. The zero-order valence-electron chi connectivity index (χ0n) is 13.8. The second-order valence-corrected chi connectivity index (χ2v) is 5.40. The van der Waals surface area contributed by atoms with Gasteiger partial charge in [0.15, 0.2) is 0 Å². The Labute approximate surface area is 150 Å². The SMILES string of the molecule is O=C(/C=C\c1cccnc1)NCc1ccnc(Oc2ccc(F)cc2)c1. The van der Waals surface area contributed by atoms with Crippen LogP contribution in [0.5, 0.6) is 11.6 Å². The van der Waals surface area contributed by atoms with Crippen molar-refractivity contribution in [3.05, 3.63) is 90.1 Å². The van der Waals surface area contributed by atoms with Gasteiger partial charge in [-0.25, -0.2) is 9.37 Å². The number of carbonyl (C=O) groups is 1. The Kier molecular flexibility index (Phi) is 5.67. The van der Waals surface area contributed by atoms with Crippen LogP contribution in [0.4, 0.5) is 4.39 Å². The summed E-state index contributed by atoms with van der Waals surface area (Å²) in [4.78, 5) is 20.0. The van der Waals surface area contributed by atoms with Gasteiger partial charge in [0.1, 0.15) is 11.6 Å². The average molecular weight is 349 g/mol. The maximum Gasteiger partial charge on any atom is 0.244 e. The van der Waals surface area contributed by atoms with E-state index in [0.29, 0.717) is 18.2 Å². The number of halogens is 1. The van der Waals surface area contributed by atoms with E-state index in [-0.39, 0.29) is 11.7 Å². The molecule has 3 rings (SSSR count). The quantitative estimate of drug-likeness (QED) is 0.689. The van der Waals surface area contributed by atoms with Gasteiger partial charge >= 0.3 is 0 Å². The molecule has 2 heterocycles. The largest absolute Gasteiger partial charge is 0.439 e. The number of amides is 1. The van der Waals surface area contributed by atoms with E-state index in [4.69, 9.17) is 4.74 Å². The first-order chi connectivity index (χ1) is 12.7. The highest BCUT2D eigenvalue weighted by Gasteiger charge is 2.02. The highest BCUT2D eigenvalue weighted by molar-refractivity contribution is 5.91. The highest BCUT2D eigenvalue weighted by atomic mass is 19.1. The number of carbonyl (C=O) groups excluding carboxylic acids is 1. The molecule has 0 radical (unpaired) electrons. The summed E-state index contributed by atoms with van der Waals surface area (Å²) in [7, 11) is 0. The van der Waals surface area contributed by atoms with Crippen LogP contribution in [0.3, 0.4) is 0 Å². The van der Waals surface area contributed by atoms with Crippen LogP contribution in [-0.2, 0) is 11.3 Å². The predicted octanol–water partition coefficient (Wildman–Crippen LogP) is 3.74. The van der Waals surface area contributed by atoms with E-state index in [2.05, 4.69) is 15.3 Å². The number of rotatable bonds is 6. The van der Waals surface area contributed by atoms with E-state index in [0.717, 1.165) is 11.1 Å². The molecule has 1 aromatic carbocycles. The molecule has 5 nitrogen and oxygen atoms in total. The second kappa shape index (κ2) is 8.53. The topological polar surface area (TPSA) is 64.1 Å². The van der Waals surface area contributed by atoms with Gasteiger partial charge in [0.25, 0.3) is 0 Å². The zero-order chi connectivity index (χ0) is 18.2. The number of aromatic nitrogens is 2. The molecule has 1 N–H and O–H groups in total. The average Bonchev–Trinajstić information content (AvgIpc) is 2.68. The molecule has 3 aromatic rings. The van der Waals surface area contributed by atoms with Crippen LogP contribution in [0.1, 0.15) is 11.1 Å². The molecule has 0 saturated carbocycles. The van der Waals surface area contributed by atoms with Gasteiger partial charge in [0.05, 0.1) is 0 Å². The Hall–Kier alpha value is -3.54. The van der Waals surface area contributed by atoms with Gasteiger partial charge < -0.3 is 10.1 Å². The van der Waals surface area contributed by atoms with Crippen LogP contribution in [0, 0.1) is 5.82 Å². The van der Waals surface area contributed by atoms with Crippen LogP contribution < -0.4 is 10.1 Å². The molecule has 0 saturated heterocycles. The molecule has 2 aromatic heterocycles. The van der Waals surface area contributed by atoms with E-state index in [9.17, 15) is 9.18 Å². The first-order valence-corrected chi connectivity index (χ1v) is 7.93. The van der Waals surface area contributed by atoms with Crippen molar-refractivity contribution in [1.82, 2.24) is 15.3 Å². The fourth-order valence-corrected chi connectivity index (χ4v) is 2.13. The fraction of sp³-hybridized carbons (Fsp3) is 0.0500. The standard InChI is InChI=1S/C20H16FN3O2/c21-17-4-6-18(7-5-17)26-20-12-16(9-11-23-20)14-24-19(25)8-3-15-2-1-10-22-13-15/h1-13H,14H2,(H,24,25)/b8-3-. The molecule has 0 aliphatic heterocycles. The van der Waals surface area contributed by atoms with Crippen LogP contribution in [0.2, 0.25) is 0 Å². The number of nitrogens with one attached hydrogen (secondary N) is 1. The molecule has 0 aliphatic carbocycles. The predicted molar refractivity (Wildman–Crippen MR) is 95.8 cm³/mol. The number of pyridine rings is 2. The van der Waals surface area contributed by atoms with Crippen LogP contribution in [0.15, 0.2) is 73.2 Å². The van der Waals surface area contributed by atoms with Crippen molar-refractivity contribution in [2.75, 3.05) is 0 Å². The maximum atomic E-state index is 12.9. The van der Waals surface area contributed by atoms with Crippen LogP contribution in [-0.4, -0.2) is 15.9 Å². The van der Waals surface area contributed by atoms with E-state index < -0.39 is 0 Å². The third-order valence-electron chi connectivity index (χ3n) is 3.41. The van der Waals surface area contributed by atoms with Gasteiger partial charge in [0.2, 0.25) is 11.8 Å². The molecule has 130 valence electrons. The molecule has 0 atom stereocenters. The molecule has 0 unspecified atom stereocenters. The third kappa shape index (κ3) is 5.24. The second-order valence-electron chi connectivity index (χ2n) is 5.40. The summed E-state index contributed by atoms with van der Waals surface area (Å²) in [6.45, 7) is 0.332. The Balaban J connectivity index is 1.56. The fourth-order valence-electron chi connectivity index (χ4n) is 2.13. The van der Waals surface area contributed by atoms with E-state index in [1.807, 2.05) is 6.07 Å². The Morgan fingerprint density at radius 3 is 2.77 bits per heavy atom. The molecule has 0 aliphatic rings. The molecule has 6 heteroatoms. The van der Waals surface area contributed by atoms with E-state index in [1.165, 1.54) is 30.3 Å². The molecular formula is C20H16FN3O2. The van der Waals surface area contributed by atoms with Gasteiger partial charge in [-0.05, 0) is 53.6 Å². The minimum Gasteiger partial charge on any atom is -0.439 e. The first kappa shape index (κ1) is 17.3. The van der Waals surface area contributed by atoms with Gasteiger partial charge in [-0.3, -0.25) is 9.78 Å². The first-order valence-electron chi connectivity index (χ1n) is 7.93. The maximum absolute atomic E-state index is 12.9. The summed E-state index contributed by atoms with van der Waals surface area (Å²) >= 11 is 0. The lowest BCUT2D eigenvalue weighted by Gasteiger charge is -2.07. The smallest absolute Gasteiger partial charge is 0.244 e. The van der Waals surface area contributed by atoms with Crippen molar-refractivity contribution >= 4 is 12.0 Å². The van der Waals surface area contributed by atoms with Gasteiger partial charge in [-0.1, -0.05) is 6.07 Å². The van der Waals surface area contributed by atoms with Crippen molar-refractivity contribution in [3.8, 4) is 11.6 Å². The molecule has 0 fully saturated rings. The van der Waals surface area contributed by atoms with Crippen LogP contribution in [0.25, 0.3) is 6.08 Å². The summed E-state index contributed by atoms with van der Waals surface area (Å²) < 4.78 is 18.5. The summed E-state index contributed by atoms with van der Waals surface area (Å²) in [6, 6.07) is 12.8. The number of hydrogen-bond donors (Lipinski definition) is 1. The Morgan fingerprint density at radius 1 is 1.15 bits per heavy atom. The summed E-state index contributed by atoms with van der Waals surface area (Å²) in [5.74, 6) is 0.307. The minimum absolute atomic E-state index is 0.216. The Bertz CT molecular complexity index is 896. The molecule has 0 bridgehead atoms. The van der Waals surface area contributed by atoms with Crippen molar-refractivity contribution in [3.63, 3.8) is 0 Å². The third-order valence-corrected chi connectivity index (χ3v) is 3.41. The monoisotopic (exact) mass is 349 g/mol. The molecular weight excluding hydrogens is 333 g/mol. The van der Waals surface area contributed by atoms with Crippen molar-refractivity contribution in [2.45, 2.75) is 6.54 Å². The highest BCUT2D eigenvalue weighted by Crippen LogP contribution is 2.20. The van der Waals surface area contributed by atoms with Crippen LogP contribution >= 0.6 is 0 Å². The number of nitrogens with zero attached hydrogens (tertiary/aromatic N) is 2. The summed E-state index contributed by atoms with van der Waals surface area (Å²) in [5.41, 5.74) is 1.68. The van der Waals surface area contributed by atoms with Crippen molar-refractivity contribution in [1.29, 1.82) is 0 Å². The van der Waals surface area contributed by atoms with Gasteiger partial charge in [-0.15, -0.1) is 0 Å². The van der Waals surface area contributed by atoms with E-state index >= 15 is 0 Å². The lowest BCUT2D eigenvalue weighted by atomic mass is 10.2. The molecule has 0 spiro atoms. The molecule has 26 heavy (non-hydrogen) atoms. The lowest BCUT2D eigenvalue weighted by molar-refractivity contribution is -0.116. The summed E-state index contributed by atoms with van der Waals surface area (Å²) in [6.07, 6.45) is 8.08. The number of hydrogen-bond acceptors (Lipinski definition) is 4. The zero-order valence-corrected chi connectivity index (χ0v) is 13.8. The van der Waals surface area contributed by atoms with Crippen molar-refractivity contribution < 1.29 is 13.9 Å². The molecule has 1 amide bonds. The Morgan fingerprint density at radius 2 is 2.00 bits per heavy atom.